The summed E-state index contributed by atoms with van der Waals surface area (Å²) in [6, 6.07) is 11.5. The quantitative estimate of drug-likeness (QED) is 0.818. The van der Waals surface area contributed by atoms with Crippen molar-refractivity contribution in [2.75, 3.05) is 7.11 Å². The standard InChI is InChI=1S/C18H16Cl2N2O3/c1-18(13-5-3-4-6-14(13)20)16(23)22(17(24)21-18)10-11-9-12(19)7-8-15(11)25-2/h3-9H,10H2,1-2H3,(H,21,24)/t18-/m1/s1. The smallest absolute Gasteiger partial charge is 0.325 e. The van der Waals surface area contributed by atoms with Crippen molar-refractivity contribution in [1.82, 2.24) is 10.2 Å². The van der Waals surface area contributed by atoms with Crippen molar-refractivity contribution in [3.05, 3.63) is 63.6 Å². The summed E-state index contributed by atoms with van der Waals surface area (Å²) in [6.45, 7) is 1.69. The predicted octanol–water partition coefficient (Wildman–Crippen LogP) is 3.97. The van der Waals surface area contributed by atoms with E-state index in [4.69, 9.17) is 27.9 Å². The van der Waals surface area contributed by atoms with Crippen LogP contribution in [0.15, 0.2) is 42.5 Å². The molecule has 5 nitrogen and oxygen atoms in total. The van der Waals surface area contributed by atoms with Crippen LogP contribution in [0.1, 0.15) is 18.1 Å². The van der Waals surface area contributed by atoms with Gasteiger partial charge in [-0.2, -0.15) is 0 Å². The Morgan fingerprint density at radius 1 is 1.16 bits per heavy atom. The molecule has 0 aliphatic carbocycles. The van der Waals surface area contributed by atoms with Gasteiger partial charge in [0.1, 0.15) is 11.3 Å². The van der Waals surface area contributed by atoms with E-state index in [0.29, 0.717) is 26.9 Å². The van der Waals surface area contributed by atoms with Gasteiger partial charge in [-0.3, -0.25) is 9.69 Å². The van der Waals surface area contributed by atoms with Crippen LogP contribution in [-0.4, -0.2) is 23.9 Å². The molecule has 1 aliphatic heterocycles. The Bertz CT molecular complexity index is 856. The molecule has 25 heavy (non-hydrogen) atoms. The maximum Gasteiger partial charge on any atom is 0.325 e. The van der Waals surface area contributed by atoms with Crippen molar-refractivity contribution in [3.8, 4) is 5.75 Å². The number of carbonyl (C=O) groups is 2. The highest BCUT2D eigenvalue weighted by Gasteiger charge is 2.49. The van der Waals surface area contributed by atoms with Crippen molar-refractivity contribution >= 4 is 35.1 Å². The molecule has 1 heterocycles. The molecule has 7 heteroatoms. The molecule has 0 aromatic heterocycles. The third kappa shape index (κ3) is 3.05. The van der Waals surface area contributed by atoms with E-state index < -0.39 is 11.6 Å². The fraction of sp³-hybridized carbons (Fsp3) is 0.222. The minimum atomic E-state index is -1.22. The number of hydrogen-bond acceptors (Lipinski definition) is 3. The first-order chi connectivity index (χ1) is 11.9. The van der Waals surface area contributed by atoms with Gasteiger partial charge in [0.25, 0.3) is 5.91 Å². The Labute approximate surface area is 155 Å². The number of benzene rings is 2. The molecule has 3 rings (SSSR count). The topological polar surface area (TPSA) is 58.6 Å². The van der Waals surface area contributed by atoms with E-state index in [0.717, 1.165) is 4.90 Å². The van der Waals surface area contributed by atoms with E-state index in [1.54, 1.807) is 49.4 Å². The first-order valence-corrected chi connectivity index (χ1v) is 8.34. The normalized spacial score (nSPS) is 19.9. The summed E-state index contributed by atoms with van der Waals surface area (Å²) in [6.07, 6.45) is 0. The van der Waals surface area contributed by atoms with Crippen LogP contribution in [0, 0.1) is 0 Å². The maximum atomic E-state index is 13.0. The summed E-state index contributed by atoms with van der Waals surface area (Å²) >= 11 is 12.3. The Morgan fingerprint density at radius 2 is 1.88 bits per heavy atom. The second kappa shape index (κ2) is 6.58. The highest BCUT2D eigenvalue weighted by Crippen LogP contribution is 2.35. The van der Waals surface area contributed by atoms with Crippen LogP contribution < -0.4 is 10.1 Å². The second-order valence-electron chi connectivity index (χ2n) is 5.88. The van der Waals surface area contributed by atoms with Gasteiger partial charge < -0.3 is 10.1 Å². The number of imide groups is 1. The van der Waals surface area contributed by atoms with Crippen molar-refractivity contribution in [3.63, 3.8) is 0 Å². The number of rotatable bonds is 4. The number of nitrogens with one attached hydrogen (secondary N) is 1. The third-order valence-electron chi connectivity index (χ3n) is 4.26. The van der Waals surface area contributed by atoms with E-state index in [2.05, 4.69) is 5.32 Å². The Morgan fingerprint density at radius 3 is 2.56 bits per heavy atom. The first-order valence-electron chi connectivity index (χ1n) is 7.58. The number of nitrogens with zero attached hydrogens (tertiary/aromatic N) is 1. The van der Waals surface area contributed by atoms with Crippen LogP contribution in [-0.2, 0) is 16.9 Å². The zero-order valence-electron chi connectivity index (χ0n) is 13.7. The highest BCUT2D eigenvalue weighted by molar-refractivity contribution is 6.32. The number of halogens is 2. The van der Waals surface area contributed by atoms with Gasteiger partial charge in [0.05, 0.1) is 13.7 Å². The van der Waals surface area contributed by atoms with Gasteiger partial charge in [0.2, 0.25) is 0 Å². The number of amides is 3. The molecular formula is C18H16Cl2N2O3. The van der Waals surface area contributed by atoms with Gasteiger partial charge in [-0.15, -0.1) is 0 Å². The minimum absolute atomic E-state index is 0.0500. The fourth-order valence-corrected chi connectivity index (χ4v) is 3.45. The fourth-order valence-electron chi connectivity index (χ4n) is 2.93. The van der Waals surface area contributed by atoms with E-state index in [1.165, 1.54) is 7.11 Å². The zero-order chi connectivity index (χ0) is 18.2. The summed E-state index contributed by atoms with van der Waals surface area (Å²) in [7, 11) is 1.52. The molecule has 130 valence electrons. The van der Waals surface area contributed by atoms with E-state index in [9.17, 15) is 9.59 Å². The third-order valence-corrected chi connectivity index (χ3v) is 4.82. The molecule has 2 aromatic rings. The number of methoxy groups -OCH3 is 1. The predicted molar refractivity (Wildman–Crippen MR) is 95.9 cm³/mol. The lowest BCUT2D eigenvalue weighted by Gasteiger charge is -2.23. The van der Waals surface area contributed by atoms with Crippen LogP contribution >= 0.6 is 23.2 Å². The Kier molecular flexibility index (Phi) is 4.62. The van der Waals surface area contributed by atoms with Crippen LogP contribution in [0.5, 0.6) is 5.75 Å². The molecular weight excluding hydrogens is 363 g/mol. The van der Waals surface area contributed by atoms with Crippen molar-refractivity contribution in [2.45, 2.75) is 19.0 Å². The SMILES string of the molecule is COc1ccc(Cl)cc1CN1C(=O)N[C@](C)(c2ccccc2Cl)C1=O. The molecule has 1 fully saturated rings. The van der Waals surface area contributed by atoms with E-state index in [1.807, 2.05) is 0 Å². The average molecular weight is 379 g/mol. The molecule has 0 saturated carbocycles. The molecule has 2 aromatic carbocycles. The molecule has 1 saturated heterocycles. The van der Waals surface area contributed by atoms with Crippen LogP contribution in [0.25, 0.3) is 0 Å². The van der Waals surface area contributed by atoms with Gasteiger partial charge in [0.15, 0.2) is 0 Å². The lowest BCUT2D eigenvalue weighted by atomic mass is 9.92. The molecule has 0 radical (unpaired) electrons. The molecule has 3 amide bonds. The number of hydrogen-bond donors (Lipinski definition) is 1. The first kappa shape index (κ1) is 17.6. The van der Waals surface area contributed by atoms with Gasteiger partial charge in [-0.25, -0.2) is 4.79 Å². The largest absolute Gasteiger partial charge is 0.496 e. The average Bonchev–Trinajstić information content (AvgIpc) is 2.79. The van der Waals surface area contributed by atoms with E-state index in [-0.39, 0.29) is 12.5 Å². The maximum absolute atomic E-state index is 13.0. The number of carbonyl (C=O) groups excluding carboxylic acids is 2. The van der Waals surface area contributed by atoms with Crippen LogP contribution in [0.3, 0.4) is 0 Å². The van der Waals surface area contributed by atoms with Crippen LogP contribution in [0.4, 0.5) is 4.79 Å². The number of ether oxygens (including phenoxy) is 1. The summed E-state index contributed by atoms with van der Waals surface area (Å²) in [5, 5.41) is 3.65. The summed E-state index contributed by atoms with van der Waals surface area (Å²) < 4.78 is 5.29. The van der Waals surface area contributed by atoms with Gasteiger partial charge in [-0.05, 0) is 31.2 Å². The highest BCUT2D eigenvalue weighted by atomic mass is 35.5. The molecule has 0 unspecified atom stereocenters. The lowest BCUT2D eigenvalue weighted by Crippen LogP contribution is -2.41. The molecule has 0 spiro atoms. The van der Waals surface area contributed by atoms with Crippen molar-refractivity contribution in [1.29, 1.82) is 0 Å². The Balaban J connectivity index is 1.95. The summed E-state index contributed by atoms with van der Waals surface area (Å²) in [4.78, 5) is 26.6. The van der Waals surface area contributed by atoms with Gasteiger partial charge in [0, 0.05) is 21.2 Å². The lowest BCUT2D eigenvalue weighted by molar-refractivity contribution is -0.131. The summed E-state index contributed by atoms with van der Waals surface area (Å²) in [5.41, 5.74) is -0.0289. The van der Waals surface area contributed by atoms with Gasteiger partial charge in [-0.1, -0.05) is 41.4 Å². The minimum Gasteiger partial charge on any atom is -0.496 e. The molecule has 1 aliphatic rings. The van der Waals surface area contributed by atoms with Crippen LogP contribution in [0.2, 0.25) is 10.0 Å². The van der Waals surface area contributed by atoms with Crippen molar-refractivity contribution in [2.24, 2.45) is 0 Å². The molecule has 0 bridgehead atoms. The van der Waals surface area contributed by atoms with Crippen molar-refractivity contribution < 1.29 is 14.3 Å². The molecule has 1 N–H and O–H groups in total. The Hall–Kier alpha value is -2.24. The van der Waals surface area contributed by atoms with E-state index >= 15 is 0 Å². The zero-order valence-corrected chi connectivity index (χ0v) is 15.2. The number of urea groups is 1. The van der Waals surface area contributed by atoms with Gasteiger partial charge >= 0.3 is 6.03 Å². The monoisotopic (exact) mass is 378 g/mol. The summed E-state index contributed by atoms with van der Waals surface area (Å²) in [5.74, 6) is 0.170. The second-order valence-corrected chi connectivity index (χ2v) is 6.73. The molecule has 1 atom stereocenters.